The fourth-order valence-corrected chi connectivity index (χ4v) is 5.66. The number of thioether (sulfide) groups is 1. The lowest BCUT2D eigenvalue weighted by Crippen LogP contribution is -2.33. The minimum Gasteiger partial charge on any atom is -0.497 e. The van der Waals surface area contributed by atoms with E-state index in [4.69, 9.17) is 31.2 Å². The van der Waals surface area contributed by atoms with Crippen LogP contribution in [0, 0.1) is 0 Å². The van der Waals surface area contributed by atoms with Gasteiger partial charge in [-0.25, -0.2) is 0 Å². The first-order chi connectivity index (χ1) is 14.5. The van der Waals surface area contributed by atoms with E-state index in [1.807, 2.05) is 41.3 Å². The summed E-state index contributed by atoms with van der Waals surface area (Å²) in [6.45, 7) is 0. The lowest BCUT2D eigenvalue weighted by atomic mass is 10.1. The Morgan fingerprint density at radius 2 is 1.60 bits per heavy atom. The van der Waals surface area contributed by atoms with E-state index in [1.54, 1.807) is 45.1 Å². The Morgan fingerprint density at radius 1 is 0.967 bits per heavy atom. The molecule has 1 amide bonds. The zero-order valence-electron chi connectivity index (χ0n) is 17.1. The molecular weight excluding hydrogens is 424 g/mol. The monoisotopic (exact) mass is 446 g/mol. The second-order valence-electron chi connectivity index (χ2n) is 6.72. The molecule has 0 saturated carbocycles. The van der Waals surface area contributed by atoms with Crippen LogP contribution in [-0.2, 0) is 4.79 Å². The maximum atomic E-state index is 13.2. The van der Waals surface area contributed by atoms with Crippen molar-refractivity contribution in [3.63, 3.8) is 0 Å². The van der Waals surface area contributed by atoms with Gasteiger partial charge in [-0.3, -0.25) is 9.69 Å². The van der Waals surface area contributed by atoms with Gasteiger partial charge in [0, 0.05) is 5.75 Å². The normalized spacial score (nSPS) is 20.4. The molecule has 158 valence electrons. The van der Waals surface area contributed by atoms with Crippen LogP contribution < -0.4 is 23.8 Å². The maximum absolute atomic E-state index is 13.2. The summed E-state index contributed by atoms with van der Waals surface area (Å²) >= 11 is 7.41. The van der Waals surface area contributed by atoms with Crippen LogP contribution in [0.15, 0.2) is 36.4 Å². The zero-order chi connectivity index (χ0) is 21.4. The lowest BCUT2D eigenvalue weighted by Gasteiger charge is -2.26. The van der Waals surface area contributed by atoms with Crippen LogP contribution in [0.2, 0.25) is 0 Å². The summed E-state index contributed by atoms with van der Waals surface area (Å²) in [6, 6.07) is 10.8. The predicted octanol–water partition coefficient (Wildman–Crippen LogP) is 3.47. The van der Waals surface area contributed by atoms with Crippen molar-refractivity contribution in [1.29, 1.82) is 0 Å². The third-order valence-corrected chi connectivity index (χ3v) is 6.94. The molecule has 2 aromatic rings. The molecule has 0 N–H and O–H groups in total. The average Bonchev–Trinajstić information content (AvgIpc) is 3.32. The van der Waals surface area contributed by atoms with Gasteiger partial charge < -0.3 is 23.8 Å². The third-order valence-electron chi connectivity index (χ3n) is 5.22. The number of methoxy groups -OCH3 is 4. The van der Waals surface area contributed by atoms with E-state index < -0.39 is 0 Å². The van der Waals surface area contributed by atoms with Crippen molar-refractivity contribution in [3.8, 4) is 23.0 Å². The van der Waals surface area contributed by atoms with Gasteiger partial charge in [-0.2, -0.15) is 0 Å². The number of anilines is 1. The molecule has 0 spiro atoms. The summed E-state index contributed by atoms with van der Waals surface area (Å²) in [5.74, 6) is 3.02. The summed E-state index contributed by atoms with van der Waals surface area (Å²) in [4.78, 5) is 16.8. The molecule has 0 aromatic heterocycles. The standard InChI is InChI=1S/C21H22N2O5S2/c1-25-14-7-5-13(6-8-14)22-19(24)15-11-30-20(23(15)21(22)29)12-9-16(26-2)18(28-4)17(10-12)27-3/h5-10,15,20H,11H2,1-4H3/t15-,20?/m0/s1. The number of thiocarbonyl (C=S) groups is 1. The minimum atomic E-state index is -0.311. The summed E-state index contributed by atoms with van der Waals surface area (Å²) in [5, 5.41) is 0.349. The van der Waals surface area contributed by atoms with Crippen LogP contribution >= 0.6 is 24.0 Å². The van der Waals surface area contributed by atoms with Crippen molar-refractivity contribution < 1.29 is 23.7 Å². The Kier molecular flexibility index (Phi) is 5.66. The van der Waals surface area contributed by atoms with Gasteiger partial charge in [0.2, 0.25) is 5.75 Å². The molecule has 2 aliphatic rings. The van der Waals surface area contributed by atoms with Crippen LogP contribution in [0.5, 0.6) is 23.0 Å². The van der Waals surface area contributed by atoms with E-state index in [1.165, 1.54) is 0 Å². The molecular formula is C21H22N2O5S2. The highest BCUT2D eigenvalue weighted by Gasteiger charge is 2.51. The van der Waals surface area contributed by atoms with Crippen molar-refractivity contribution >= 4 is 40.7 Å². The number of rotatable bonds is 6. The highest BCUT2D eigenvalue weighted by Crippen LogP contribution is 2.49. The topological polar surface area (TPSA) is 60.5 Å². The lowest BCUT2D eigenvalue weighted by molar-refractivity contribution is -0.119. The van der Waals surface area contributed by atoms with Crippen molar-refractivity contribution in [3.05, 3.63) is 42.0 Å². The van der Waals surface area contributed by atoms with Crippen molar-refractivity contribution in [2.24, 2.45) is 0 Å². The van der Waals surface area contributed by atoms with Gasteiger partial charge in [-0.15, -0.1) is 11.8 Å². The quantitative estimate of drug-likeness (QED) is 0.626. The van der Waals surface area contributed by atoms with E-state index in [0.29, 0.717) is 28.1 Å². The smallest absolute Gasteiger partial charge is 0.257 e. The molecule has 2 saturated heterocycles. The second kappa shape index (κ2) is 8.23. The van der Waals surface area contributed by atoms with Crippen LogP contribution in [0.3, 0.4) is 0 Å². The number of hydrogen-bond donors (Lipinski definition) is 0. The van der Waals surface area contributed by atoms with Gasteiger partial charge in [0.1, 0.15) is 17.2 Å². The fraction of sp³-hybridized carbons (Fsp3) is 0.333. The number of fused-ring (bicyclic) bond motifs is 1. The Labute approximate surface area is 184 Å². The first-order valence-corrected chi connectivity index (χ1v) is 10.7. The maximum Gasteiger partial charge on any atom is 0.257 e. The molecule has 0 radical (unpaired) electrons. The Hall–Kier alpha value is -2.65. The Morgan fingerprint density at radius 3 is 2.13 bits per heavy atom. The molecule has 2 aliphatic heterocycles. The zero-order valence-corrected chi connectivity index (χ0v) is 18.7. The number of hydrogen-bond acceptors (Lipinski definition) is 7. The van der Waals surface area contributed by atoms with Gasteiger partial charge in [-0.1, -0.05) is 0 Å². The molecule has 1 unspecified atom stereocenters. The van der Waals surface area contributed by atoms with E-state index in [9.17, 15) is 4.79 Å². The first kappa shape index (κ1) is 20.6. The summed E-state index contributed by atoms with van der Waals surface area (Å²) in [7, 11) is 6.35. The van der Waals surface area contributed by atoms with Crippen molar-refractivity contribution in [1.82, 2.24) is 4.90 Å². The Balaban J connectivity index is 1.69. The van der Waals surface area contributed by atoms with E-state index >= 15 is 0 Å². The summed E-state index contributed by atoms with van der Waals surface area (Å²) in [5.41, 5.74) is 1.66. The highest BCUT2D eigenvalue weighted by molar-refractivity contribution is 7.99. The molecule has 30 heavy (non-hydrogen) atoms. The molecule has 0 bridgehead atoms. The van der Waals surface area contributed by atoms with Gasteiger partial charge in [-0.05, 0) is 54.2 Å². The average molecular weight is 447 g/mol. The number of benzene rings is 2. The van der Waals surface area contributed by atoms with Crippen molar-refractivity contribution in [2.45, 2.75) is 11.4 Å². The molecule has 2 atom stereocenters. The number of carbonyl (C=O) groups excluding carboxylic acids is 1. The number of carbonyl (C=O) groups is 1. The van der Waals surface area contributed by atoms with Crippen LogP contribution in [-0.4, -0.2) is 56.2 Å². The van der Waals surface area contributed by atoms with E-state index in [0.717, 1.165) is 17.0 Å². The fourth-order valence-electron chi connectivity index (χ4n) is 3.76. The van der Waals surface area contributed by atoms with E-state index in [2.05, 4.69) is 0 Å². The molecule has 9 heteroatoms. The first-order valence-electron chi connectivity index (χ1n) is 9.25. The summed E-state index contributed by atoms with van der Waals surface area (Å²) < 4.78 is 21.6. The van der Waals surface area contributed by atoms with Crippen LogP contribution in [0.25, 0.3) is 0 Å². The molecule has 4 rings (SSSR count). The highest BCUT2D eigenvalue weighted by atomic mass is 32.2. The Bertz CT molecular complexity index is 957. The molecule has 0 aliphatic carbocycles. The van der Waals surface area contributed by atoms with Crippen molar-refractivity contribution in [2.75, 3.05) is 39.1 Å². The molecule has 2 aromatic carbocycles. The molecule has 2 fully saturated rings. The van der Waals surface area contributed by atoms with Gasteiger partial charge in [0.15, 0.2) is 16.6 Å². The number of nitrogens with zero attached hydrogens (tertiary/aromatic N) is 2. The molecule has 2 heterocycles. The SMILES string of the molecule is COc1ccc(N2C(=O)[C@@H]3CSC(c4cc(OC)c(OC)c(OC)c4)N3C2=S)cc1. The second-order valence-corrected chi connectivity index (χ2v) is 8.20. The molecule has 7 nitrogen and oxygen atoms in total. The summed E-state index contributed by atoms with van der Waals surface area (Å²) in [6.07, 6.45) is 0. The number of ether oxygens (including phenoxy) is 4. The predicted molar refractivity (Wildman–Crippen MR) is 120 cm³/mol. The third kappa shape index (κ3) is 3.22. The number of amides is 1. The van der Waals surface area contributed by atoms with Gasteiger partial charge >= 0.3 is 0 Å². The van der Waals surface area contributed by atoms with Crippen LogP contribution in [0.1, 0.15) is 10.9 Å². The van der Waals surface area contributed by atoms with Crippen LogP contribution in [0.4, 0.5) is 5.69 Å². The largest absolute Gasteiger partial charge is 0.497 e. The van der Waals surface area contributed by atoms with Gasteiger partial charge in [0.05, 0.1) is 34.1 Å². The minimum absolute atomic E-state index is 0.0207. The van der Waals surface area contributed by atoms with Gasteiger partial charge in [0.25, 0.3) is 5.91 Å². The van der Waals surface area contributed by atoms with E-state index in [-0.39, 0.29) is 17.3 Å².